The van der Waals surface area contributed by atoms with Gasteiger partial charge in [-0.3, -0.25) is 4.79 Å². The number of rotatable bonds is 6. The van der Waals surface area contributed by atoms with Crippen LogP contribution in [0, 0.1) is 13.8 Å². The van der Waals surface area contributed by atoms with E-state index in [0.29, 0.717) is 28.5 Å². The average molecular weight is 370 g/mol. The van der Waals surface area contributed by atoms with Gasteiger partial charge in [0.05, 0.1) is 38.3 Å². The molecule has 2 aromatic heterocycles. The van der Waals surface area contributed by atoms with Crippen molar-refractivity contribution in [2.75, 3.05) is 21.3 Å². The first-order chi connectivity index (χ1) is 13.0. The van der Waals surface area contributed by atoms with Crippen molar-refractivity contribution in [1.82, 2.24) is 19.9 Å². The second kappa shape index (κ2) is 7.53. The Kier molecular flexibility index (Phi) is 5.16. The van der Waals surface area contributed by atoms with Crippen LogP contribution in [0.25, 0.3) is 5.65 Å². The number of hydrogen-bond donors (Lipinski definition) is 1. The Labute approximate surface area is 157 Å². The van der Waals surface area contributed by atoms with Crippen molar-refractivity contribution in [2.45, 2.75) is 20.4 Å². The van der Waals surface area contributed by atoms with Gasteiger partial charge in [0, 0.05) is 30.4 Å². The number of carbonyl (C=O) groups excluding carboxylic acids is 1. The van der Waals surface area contributed by atoms with Gasteiger partial charge in [-0.15, -0.1) is 0 Å². The van der Waals surface area contributed by atoms with Gasteiger partial charge >= 0.3 is 0 Å². The van der Waals surface area contributed by atoms with E-state index in [1.54, 1.807) is 44.2 Å². The first-order valence-electron chi connectivity index (χ1n) is 8.37. The summed E-state index contributed by atoms with van der Waals surface area (Å²) in [6.45, 7) is 3.99. The van der Waals surface area contributed by atoms with Gasteiger partial charge in [0.15, 0.2) is 17.1 Å². The predicted molar refractivity (Wildman–Crippen MR) is 99.7 cm³/mol. The lowest BCUT2D eigenvalue weighted by Crippen LogP contribution is -2.25. The van der Waals surface area contributed by atoms with E-state index in [-0.39, 0.29) is 12.5 Å². The summed E-state index contributed by atoms with van der Waals surface area (Å²) in [5.41, 5.74) is 3.52. The summed E-state index contributed by atoms with van der Waals surface area (Å²) in [6, 6.07) is 5.37. The number of methoxy groups -OCH3 is 3. The zero-order chi connectivity index (χ0) is 19.6. The summed E-state index contributed by atoms with van der Waals surface area (Å²) in [5.74, 6) is 1.48. The monoisotopic (exact) mass is 370 g/mol. The van der Waals surface area contributed by atoms with Crippen LogP contribution in [0.1, 0.15) is 27.3 Å². The van der Waals surface area contributed by atoms with E-state index in [1.807, 2.05) is 19.9 Å². The van der Waals surface area contributed by atoms with Crippen LogP contribution in [0.4, 0.5) is 0 Å². The fraction of sp³-hybridized carbons (Fsp3) is 0.316. The first kappa shape index (κ1) is 18.5. The molecule has 0 unspecified atom stereocenters. The molecule has 142 valence electrons. The maximum Gasteiger partial charge on any atom is 0.254 e. The van der Waals surface area contributed by atoms with E-state index < -0.39 is 0 Å². The van der Waals surface area contributed by atoms with Gasteiger partial charge < -0.3 is 19.5 Å². The SMILES string of the molecule is COc1cc(OC)c(OC)cc1CNC(=O)c1cnc2cc(C)nn2c1C. The van der Waals surface area contributed by atoms with E-state index in [1.165, 1.54) is 0 Å². The number of fused-ring (bicyclic) bond motifs is 1. The molecule has 2 heterocycles. The number of hydrogen-bond acceptors (Lipinski definition) is 6. The third-order valence-electron chi connectivity index (χ3n) is 4.32. The molecule has 0 atom stereocenters. The molecule has 0 bridgehead atoms. The van der Waals surface area contributed by atoms with Gasteiger partial charge in [-0.2, -0.15) is 5.10 Å². The summed E-state index contributed by atoms with van der Waals surface area (Å²) >= 11 is 0. The highest BCUT2D eigenvalue weighted by Crippen LogP contribution is 2.34. The lowest BCUT2D eigenvalue weighted by molar-refractivity contribution is 0.0949. The summed E-state index contributed by atoms with van der Waals surface area (Å²) in [6.07, 6.45) is 1.56. The molecule has 0 spiro atoms. The Balaban J connectivity index is 1.84. The third-order valence-corrected chi connectivity index (χ3v) is 4.32. The van der Waals surface area contributed by atoms with Crippen LogP contribution in [0.2, 0.25) is 0 Å². The summed E-state index contributed by atoms with van der Waals surface area (Å²) in [4.78, 5) is 17.0. The Bertz CT molecular complexity index is 997. The molecule has 0 radical (unpaired) electrons. The van der Waals surface area contributed by atoms with Crippen LogP contribution in [0.5, 0.6) is 17.2 Å². The number of carbonyl (C=O) groups is 1. The molecule has 8 nitrogen and oxygen atoms in total. The number of ether oxygens (including phenoxy) is 3. The molecule has 0 aliphatic rings. The Morgan fingerprint density at radius 2 is 1.70 bits per heavy atom. The second-order valence-corrected chi connectivity index (χ2v) is 6.01. The van der Waals surface area contributed by atoms with Gasteiger partial charge in [-0.05, 0) is 19.9 Å². The summed E-state index contributed by atoms with van der Waals surface area (Å²) in [5, 5.41) is 7.26. The Morgan fingerprint density at radius 1 is 1.04 bits per heavy atom. The zero-order valence-electron chi connectivity index (χ0n) is 16.0. The van der Waals surface area contributed by atoms with Crippen LogP contribution in [-0.4, -0.2) is 41.8 Å². The molecular formula is C19H22N4O4. The summed E-state index contributed by atoms with van der Waals surface area (Å²) < 4.78 is 17.7. The highest BCUT2D eigenvalue weighted by atomic mass is 16.5. The van der Waals surface area contributed by atoms with Gasteiger partial charge in [0.2, 0.25) is 0 Å². The van der Waals surface area contributed by atoms with Crippen LogP contribution in [-0.2, 0) is 6.54 Å². The topological polar surface area (TPSA) is 87.0 Å². The lowest BCUT2D eigenvalue weighted by Gasteiger charge is -2.15. The van der Waals surface area contributed by atoms with Crippen LogP contribution in [0.3, 0.4) is 0 Å². The maximum atomic E-state index is 12.7. The van der Waals surface area contributed by atoms with Crippen molar-refractivity contribution in [2.24, 2.45) is 0 Å². The van der Waals surface area contributed by atoms with Crippen molar-refractivity contribution in [3.05, 3.63) is 46.9 Å². The van der Waals surface area contributed by atoms with E-state index in [9.17, 15) is 4.79 Å². The van der Waals surface area contributed by atoms with Gasteiger partial charge in [-0.1, -0.05) is 0 Å². The normalized spacial score (nSPS) is 10.7. The number of nitrogens with one attached hydrogen (secondary N) is 1. The third kappa shape index (κ3) is 3.51. The molecule has 1 aromatic carbocycles. The number of nitrogens with zero attached hydrogens (tertiary/aromatic N) is 3. The van der Waals surface area contributed by atoms with Gasteiger partial charge in [-0.25, -0.2) is 9.50 Å². The smallest absolute Gasteiger partial charge is 0.254 e. The first-order valence-corrected chi connectivity index (χ1v) is 8.37. The lowest BCUT2D eigenvalue weighted by atomic mass is 10.1. The highest BCUT2D eigenvalue weighted by molar-refractivity contribution is 5.95. The fourth-order valence-electron chi connectivity index (χ4n) is 2.89. The van der Waals surface area contributed by atoms with E-state index in [4.69, 9.17) is 14.2 Å². The molecule has 0 aliphatic heterocycles. The fourth-order valence-corrected chi connectivity index (χ4v) is 2.89. The molecule has 0 saturated heterocycles. The van der Waals surface area contributed by atoms with Gasteiger partial charge in [0.1, 0.15) is 5.75 Å². The van der Waals surface area contributed by atoms with Crippen molar-refractivity contribution < 1.29 is 19.0 Å². The van der Waals surface area contributed by atoms with Crippen LogP contribution in [0.15, 0.2) is 24.4 Å². The van der Waals surface area contributed by atoms with Crippen molar-refractivity contribution in [3.63, 3.8) is 0 Å². The van der Waals surface area contributed by atoms with E-state index in [0.717, 1.165) is 17.0 Å². The highest BCUT2D eigenvalue weighted by Gasteiger charge is 2.16. The molecule has 0 saturated carbocycles. The molecule has 0 fully saturated rings. The minimum atomic E-state index is -0.244. The van der Waals surface area contributed by atoms with Crippen molar-refractivity contribution in [3.8, 4) is 17.2 Å². The molecule has 8 heteroatoms. The Morgan fingerprint density at radius 3 is 2.37 bits per heavy atom. The number of amides is 1. The molecule has 3 aromatic rings. The van der Waals surface area contributed by atoms with Gasteiger partial charge in [0.25, 0.3) is 5.91 Å². The molecule has 3 rings (SSSR count). The predicted octanol–water partition coefficient (Wildman–Crippen LogP) is 2.30. The van der Waals surface area contributed by atoms with Crippen molar-refractivity contribution in [1.29, 1.82) is 0 Å². The molecule has 27 heavy (non-hydrogen) atoms. The largest absolute Gasteiger partial charge is 0.496 e. The molecule has 0 aliphatic carbocycles. The quantitative estimate of drug-likeness (QED) is 0.716. The van der Waals surface area contributed by atoms with Crippen LogP contribution >= 0.6 is 0 Å². The average Bonchev–Trinajstić information content (AvgIpc) is 3.06. The maximum absolute atomic E-state index is 12.7. The standard InChI is InChI=1S/C19H22N4O4/c1-11-6-18-20-10-14(12(2)23(18)22-11)19(24)21-9-13-7-16(26-4)17(27-5)8-15(13)25-3/h6-8,10H,9H2,1-5H3,(H,21,24). The minimum Gasteiger partial charge on any atom is -0.496 e. The minimum absolute atomic E-state index is 0.244. The molecular weight excluding hydrogens is 348 g/mol. The van der Waals surface area contributed by atoms with Crippen LogP contribution < -0.4 is 19.5 Å². The second-order valence-electron chi connectivity index (χ2n) is 6.01. The van der Waals surface area contributed by atoms with E-state index in [2.05, 4.69) is 15.4 Å². The Hall–Kier alpha value is -3.29. The van der Waals surface area contributed by atoms with E-state index >= 15 is 0 Å². The number of benzene rings is 1. The number of aromatic nitrogens is 3. The molecule has 1 N–H and O–H groups in total. The zero-order valence-corrected chi connectivity index (χ0v) is 16.0. The number of aryl methyl sites for hydroxylation is 2. The summed E-state index contributed by atoms with van der Waals surface area (Å²) in [7, 11) is 4.68. The molecule has 1 amide bonds. The van der Waals surface area contributed by atoms with Crippen molar-refractivity contribution >= 4 is 11.6 Å².